The molecule has 0 bridgehead atoms. The second-order valence-electron chi connectivity index (χ2n) is 13.0. The van der Waals surface area contributed by atoms with Crippen molar-refractivity contribution in [3.8, 4) is 29.0 Å². The highest BCUT2D eigenvalue weighted by Gasteiger charge is 2.50. The molecule has 4 aliphatic rings. The Morgan fingerprint density at radius 3 is 2.83 bits per heavy atom. The quantitative estimate of drug-likeness (QED) is 0.256. The molecule has 14 heteroatoms. The summed E-state index contributed by atoms with van der Waals surface area (Å²) in [5.41, 5.74) is 4.57. The van der Waals surface area contributed by atoms with Crippen LogP contribution in [0.2, 0.25) is 5.02 Å². The number of rotatable bonds is 6. The van der Waals surface area contributed by atoms with Gasteiger partial charge >= 0.3 is 6.01 Å². The lowest BCUT2D eigenvalue weighted by Crippen LogP contribution is -2.44. The third kappa shape index (κ3) is 4.48. The number of aliphatic hydroxyl groups is 1. The number of ether oxygens (including phenoxy) is 2. The molecule has 0 unspecified atom stereocenters. The highest BCUT2D eigenvalue weighted by Crippen LogP contribution is 2.52. The Morgan fingerprint density at radius 2 is 2.07 bits per heavy atom. The van der Waals surface area contributed by atoms with Crippen LogP contribution >= 0.6 is 22.9 Å². The van der Waals surface area contributed by atoms with Gasteiger partial charge in [0.2, 0.25) is 0 Å². The summed E-state index contributed by atoms with van der Waals surface area (Å²) in [4.78, 5) is 13.3. The van der Waals surface area contributed by atoms with E-state index >= 15 is 4.39 Å². The Labute approximate surface area is 271 Å². The molecule has 3 aliphatic heterocycles. The van der Waals surface area contributed by atoms with Gasteiger partial charge in [0.1, 0.15) is 47.6 Å². The van der Waals surface area contributed by atoms with E-state index in [4.69, 9.17) is 31.8 Å². The van der Waals surface area contributed by atoms with Gasteiger partial charge in [-0.05, 0) is 50.8 Å². The molecule has 9 nitrogen and oxygen atoms in total. The van der Waals surface area contributed by atoms with Crippen molar-refractivity contribution in [2.45, 2.75) is 62.4 Å². The fourth-order valence-corrected chi connectivity index (χ4v) is 8.67. The number of β-amino-alcohol motifs (C(OH)–C–C–N with tert-alkyl or cyclic N) is 1. The predicted octanol–water partition coefficient (Wildman–Crippen LogP) is 5.96. The van der Waals surface area contributed by atoms with Crippen LogP contribution in [0.25, 0.3) is 32.1 Å². The third-order valence-corrected chi connectivity index (χ3v) is 11.3. The summed E-state index contributed by atoms with van der Waals surface area (Å²) in [6, 6.07) is 4.15. The summed E-state index contributed by atoms with van der Waals surface area (Å²) in [7, 11) is 0. The van der Waals surface area contributed by atoms with Gasteiger partial charge in [-0.15, -0.1) is 11.3 Å². The first-order chi connectivity index (χ1) is 22.0. The van der Waals surface area contributed by atoms with Gasteiger partial charge in [0, 0.05) is 30.5 Å². The fraction of sp³-hybridized carbons (Fsp3) is 0.469. The summed E-state index contributed by atoms with van der Waals surface area (Å²) in [5.74, 6) is -1.02. The van der Waals surface area contributed by atoms with Gasteiger partial charge in [-0.1, -0.05) is 17.7 Å². The SMILES string of the molecule is C[C@H]1COc2c(Cl)c(-c3ccc(F)c4sc(N)c(C#N)c34)c(F)c3nc(OC[C@@]45CCCN4C[C@H](F)C5)nc(c23)N1CC1(O)CC1. The first kappa shape index (κ1) is 29.8. The lowest BCUT2D eigenvalue weighted by atomic mass is 9.95. The molecule has 0 radical (unpaired) electrons. The Bertz CT molecular complexity index is 1980. The van der Waals surface area contributed by atoms with Gasteiger partial charge in [0.25, 0.3) is 0 Å². The minimum atomic E-state index is -0.958. The van der Waals surface area contributed by atoms with Crippen molar-refractivity contribution in [3.63, 3.8) is 0 Å². The van der Waals surface area contributed by atoms with Crippen LogP contribution < -0.4 is 20.1 Å². The average Bonchev–Trinajstić information content (AvgIpc) is 3.35. The monoisotopic (exact) mass is 670 g/mol. The molecular weight excluding hydrogens is 641 g/mol. The molecule has 8 rings (SSSR count). The molecule has 3 N–H and O–H groups in total. The van der Waals surface area contributed by atoms with Crippen molar-refractivity contribution in [1.82, 2.24) is 14.9 Å². The number of hydrogen-bond donors (Lipinski definition) is 2. The molecule has 2 aromatic carbocycles. The fourth-order valence-electron chi connectivity index (χ4n) is 7.39. The Hall–Kier alpha value is -3.57. The van der Waals surface area contributed by atoms with Gasteiger partial charge in [-0.2, -0.15) is 15.2 Å². The number of nitrogens with zero attached hydrogens (tertiary/aromatic N) is 5. The highest BCUT2D eigenvalue weighted by atomic mass is 35.5. The van der Waals surface area contributed by atoms with Gasteiger partial charge in [-0.3, -0.25) is 4.90 Å². The van der Waals surface area contributed by atoms with Crippen LogP contribution in [-0.2, 0) is 0 Å². The number of nitrogens with two attached hydrogens (primary N) is 1. The molecule has 46 heavy (non-hydrogen) atoms. The first-order valence-electron chi connectivity index (χ1n) is 15.3. The van der Waals surface area contributed by atoms with Crippen molar-refractivity contribution in [3.05, 3.63) is 34.4 Å². The second kappa shape index (κ2) is 10.5. The molecule has 240 valence electrons. The summed E-state index contributed by atoms with van der Waals surface area (Å²) >= 11 is 7.88. The molecule has 5 heterocycles. The smallest absolute Gasteiger partial charge is 0.319 e. The summed E-state index contributed by atoms with van der Waals surface area (Å²) < 4.78 is 59.1. The van der Waals surface area contributed by atoms with E-state index in [1.54, 1.807) is 0 Å². The number of anilines is 2. The van der Waals surface area contributed by atoms with Gasteiger partial charge in [0.15, 0.2) is 11.6 Å². The molecule has 0 spiro atoms. The molecule has 2 aromatic heterocycles. The van der Waals surface area contributed by atoms with Gasteiger partial charge < -0.3 is 25.2 Å². The number of hydrogen-bond acceptors (Lipinski definition) is 10. The number of fused-ring (bicyclic) bond motifs is 2. The third-order valence-electron chi connectivity index (χ3n) is 9.94. The van der Waals surface area contributed by atoms with E-state index in [1.165, 1.54) is 12.1 Å². The Kier molecular flexibility index (Phi) is 6.78. The highest BCUT2D eigenvalue weighted by molar-refractivity contribution is 7.23. The first-order valence-corrected chi connectivity index (χ1v) is 16.5. The maximum atomic E-state index is 17.1. The molecule has 1 aliphatic carbocycles. The molecule has 3 fully saturated rings. The van der Waals surface area contributed by atoms with Crippen LogP contribution in [0, 0.1) is 23.0 Å². The lowest BCUT2D eigenvalue weighted by molar-refractivity contribution is 0.107. The standard InChI is InChI=1S/C32H30ClF3N6O3S/c1-15-12-44-26-22-25(24(36)21(23(26)33)17-3-4-19(35)27-20(17)18(10-37)28(38)46-27)39-30(40-29(22)42(15)13-32(43)6-7-32)45-14-31-5-2-8-41(31)11-16(34)9-31/h3-4,15-16,43H,2,5-9,11-14,38H2,1H3/t15-,16+,31-/m0/s1. The number of aromatic nitrogens is 2. The number of nitrogen functional groups attached to an aromatic ring is 1. The summed E-state index contributed by atoms with van der Waals surface area (Å²) in [6.07, 6.45) is 2.29. The Balaban J connectivity index is 1.35. The van der Waals surface area contributed by atoms with Crippen molar-refractivity contribution >= 4 is 54.7 Å². The maximum absolute atomic E-state index is 17.1. The number of halogens is 4. The number of benzene rings is 2. The average molecular weight is 671 g/mol. The lowest BCUT2D eigenvalue weighted by Gasteiger charge is -2.32. The number of thiophene rings is 1. The van der Waals surface area contributed by atoms with E-state index in [0.29, 0.717) is 31.6 Å². The molecule has 4 aromatic rings. The zero-order valence-electron chi connectivity index (χ0n) is 24.9. The van der Waals surface area contributed by atoms with Gasteiger partial charge in [0.05, 0.1) is 37.9 Å². The zero-order chi connectivity index (χ0) is 32.1. The minimum Gasteiger partial charge on any atom is -0.489 e. The van der Waals surface area contributed by atoms with Crippen molar-refractivity contribution in [1.29, 1.82) is 5.26 Å². The van der Waals surface area contributed by atoms with Crippen LogP contribution in [0.1, 0.15) is 44.6 Å². The van der Waals surface area contributed by atoms with E-state index in [1.807, 2.05) is 17.9 Å². The van der Waals surface area contributed by atoms with E-state index in [-0.39, 0.29) is 85.3 Å². The van der Waals surface area contributed by atoms with E-state index in [2.05, 4.69) is 9.88 Å². The van der Waals surface area contributed by atoms with Crippen LogP contribution in [0.5, 0.6) is 11.8 Å². The molecular formula is C32H30ClF3N6O3S. The van der Waals surface area contributed by atoms with E-state index < -0.39 is 28.9 Å². The van der Waals surface area contributed by atoms with Crippen LogP contribution in [0.15, 0.2) is 12.1 Å². The summed E-state index contributed by atoms with van der Waals surface area (Å²) in [6.45, 7) is 3.51. The van der Waals surface area contributed by atoms with Crippen LogP contribution in [0.3, 0.4) is 0 Å². The predicted molar refractivity (Wildman–Crippen MR) is 169 cm³/mol. The normalized spacial score (nSPS) is 25.0. The van der Waals surface area contributed by atoms with E-state index in [9.17, 15) is 19.1 Å². The Morgan fingerprint density at radius 1 is 1.26 bits per heavy atom. The molecule has 0 amide bonds. The minimum absolute atomic E-state index is 0.0184. The topological polar surface area (TPSA) is 121 Å². The van der Waals surface area contributed by atoms with Crippen molar-refractivity contribution in [2.24, 2.45) is 0 Å². The summed E-state index contributed by atoms with van der Waals surface area (Å²) in [5, 5.41) is 21.2. The van der Waals surface area contributed by atoms with Crippen LogP contribution in [0.4, 0.5) is 24.0 Å². The largest absolute Gasteiger partial charge is 0.489 e. The number of alkyl halides is 1. The molecule has 1 saturated carbocycles. The number of nitriles is 1. The van der Waals surface area contributed by atoms with Crippen LogP contribution in [-0.4, -0.2) is 76.2 Å². The van der Waals surface area contributed by atoms with Crippen molar-refractivity contribution < 1.29 is 27.8 Å². The van der Waals surface area contributed by atoms with Gasteiger partial charge in [-0.25, -0.2) is 13.2 Å². The van der Waals surface area contributed by atoms with Crippen molar-refractivity contribution in [2.75, 3.05) is 43.5 Å². The second-order valence-corrected chi connectivity index (χ2v) is 14.4. The van der Waals surface area contributed by atoms with E-state index in [0.717, 1.165) is 30.7 Å². The zero-order valence-corrected chi connectivity index (χ0v) is 26.5. The molecule has 2 saturated heterocycles. The molecule has 3 atom stereocenters. The maximum Gasteiger partial charge on any atom is 0.319 e.